The highest BCUT2D eigenvalue weighted by Gasteiger charge is 2.27. The fraction of sp³-hybridized carbons (Fsp3) is 0.0909. The molecule has 0 aliphatic carbocycles. The fourth-order valence-corrected chi connectivity index (χ4v) is 3.05. The van der Waals surface area contributed by atoms with E-state index in [9.17, 15) is 20.2 Å². The van der Waals surface area contributed by atoms with Crippen LogP contribution < -0.4 is 0 Å². The van der Waals surface area contributed by atoms with Gasteiger partial charge in [0.2, 0.25) is 0 Å². The minimum atomic E-state index is -0.852. The van der Waals surface area contributed by atoms with Gasteiger partial charge in [-0.3, -0.25) is 14.9 Å². The molecule has 0 heterocycles. The van der Waals surface area contributed by atoms with Crippen molar-refractivity contribution in [3.8, 4) is 6.07 Å². The van der Waals surface area contributed by atoms with Crippen molar-refractivity contribution in [1.82, 2.24) is 4.90 Å². The van der Waals surface area contributed by atoms with Crippen molar-refractivity contribution in [3.05, 3.63) is 111 Å². The molecule has 7 heteroatoms. The lowest BCUT2D eigenvalue weighted by Crippen LogP contribution is -2.34. The number of hydrogen-bond acceptors (Lipinski definition) is 4. The van der Waals surface area contributed by atoms with Crippen molar-refractivity contribution < 1.29 is 9.72 Å². The van der Waals surface area contributed by atoms with Crippen molar-refractivity contribution in [2.75, 3.05) is 0 Å². The van der Waals surface area contributed by atoms with Crippen LogP contribution in [0.5, 0.6) is 0 Å². The van der Waals surface area contributed by atoms with Crippen molar-refractivity contribution in [2.24, 2.45) is 0 Å². The number of carbonyl (C=O) groups is 1. The van der Waals surface area contributed by atoms with Crippen LogP contribution in [-0.2, 0) is 6.54 Å². The van der Waals surface area contributed by atoms with Crippen LogP contribution in [0.1, 0.15) is 27.5 Å². The highest BCUT2D eigenvalue weighted by Crippen LogP contribution is 2.26. The van der Waals surface area contributed by atoms with Gasteiger partial charge in [-0.05, 0) is 35.4 Å². The maximum atomic E-state index is 13.2. The van der Waals surface area contributed by atoms with E-state index in [-0.39, 0.29) is 17.8 Å². The average molecular weight is 406 g/mol. The summed E-state index contributed by atoms with van der Waals surface area (Å²) in [5.41, 5.74) is 1.64. The van der Waals surface area contributed by atoms with E-state index in [4.69, 9.17) is 11.6 Å². The SMILES string of the molecule is N#CC(c1ccc(Cl)cc1)N(Cc1ccccc1)C(=O)c1ccc([N+](=O)[O-])cc1. The molecule has 0 saturated heterocycles. The smallest absolute Gasteiger partial charge is 0.269 e. The normalized spacial score (nSPS) is 11.3. The van der Waals surface area contributed by atoms with Crippen LogP contribution in [0.3, 0.4) is 0 Å². The molecule has 3 aromatic rings. The summed E-state index contributed by atoms with van der Waals surface area (Å²) in [6.07, 6.45) is 0. The average Bonchev–Trinajstić information content (AvgIpc) is 2.75. The van der Waals surface area contributed by atoms with Crippen LogP contribution in [-0.4, -0.2) is 15.7 Å². The van der Waals surface area contributed by atoms with E-state index in [0.29, 0.717) is 10.6 Å². The summed E-state index contributed by atoms with van der Waals surface area (Å²) in [4.78, 5) is 25.0. The number of carbonyl (C=O) groups excluding carboxylic acids is 1. The second-order valence-electron chi connectivity index (χ2n) is 6.31. The van der Waals surface area contributed by atoms with E-state index in [2.05, 4.69) is 6.07 Å². The van der Waals surface area contributed by atoms with Gasteiger partial charge in [0.1, 0.15) is 6.04 Å². The van der Waals surface area contributed by atoms with Gasteiger partial charge in [-0.1, -0.05) is 54.1 Å². The Balaban J connectivity index is 1.99. The number of nitriles is 1. The summed E-state index contributed by atoms with van der Waals surface area (Å²) in [6, 6.07) is 22.7. The molecule has 1 amide bonds. The Morgan fingerprint density at radius 3 is 2.21 bits per heavy atom. The first-order valence-electron chi connectivity index (χ1n) is 8.74. The van der Waals surface area contributed by atoms with Gasteiger partial charge >= 0.3 is 0 Å². The summed E-state index contributed by atoms with van der Waals surface area (Å²) >= 11 is 5.95. The lowest BCUT2D eigenvalue weighted by atomic mass is 10.0. The molecule has 1 atom stereocenters. The van der Waals surface area contributed by atoms with Gasteiger partial charge in [0.15, 0.2) is 0 Å². The van der Waals surface area contributed by atoms with E-state index in [1.807, 2.05) is 30.3 Å². The Morgan fingerprint density at radius 2 is 1.66 bits per heavy atom. The Labute approximate surface area is 172 Å². The molecule has 0 aromatic heterocycles. The maximum Gasteiger partial charge on any atom is 0.269 e. The molecule has 0 aliphatic heterocycles. The van der Waals surface area contributed by atoms with Crippen molar-refractivity contribution in [1.29, 1.82) is 5.26 Å². The molecule has 0 aliphatic rings. The number of benzene rings is 3. The summed E-state index contributed by atoms with van der Waals surface area (Å²) in [5.74, 6) is -0.398. The Morgan fingerprint density at radius 1 is 1.03 bits per heavy atom. The van der Waals surface area contributed by atoms with Crippen LogP contribution >= 0.6 is 11.6 Å². The molecular weight excluding hydrogens is 390 g/mol. The Bertz CT molecular complexity index is 1050. The van der Waals surface area contributed by atoms with Crippen molar-refractivity contribution in [3.63, 3.8) is 0 Å². The number of non-ortho nitro benzene ring substituents is 1. The highest BCUT2D eigenvalue weighted by atomic mass is 35.5. The van der Waals surface area contributed by atoms with Gasteiger partial charge in [0, 0.05) is 29.3 Å². The number of rotatable bonds is 6. The van der Waals surface area contributed by atoms with Crippen LogP contribution in [0.15, 0.2) is 78.9 Å². The number of nitrogens with zero attached hydrogens (tertiary/aromatic N) is 3. The maximum absolute atomic E-state index is 13.2. The summed E-state index contributed by atoms with van der Waals surface area (Å²) in [6.45, 7) is 0.206. The lowest BCUT2D eigenvalue weighted by molar-refractivity contribution is -0.384. The van der Waals surface area contributed by atoms with E-state index < -0.39 is 16.9 Å². The molecule has 6 nitrogen and oxygen atoms in total. The Kier molecular flexibility index (Phi) is 6.22. The third-order valence-corrected chi connectivity index (χ3v) is 4.65. The first-order chi connectivity index (χ1) is 14.0. The molecular formula is C22H16ClN3O3. The molecule has 0 fully saturated rings. The van der Waals surface area contributed by atoms with E-state index in [0.717, 1.165) is 5.56 Å². The quantitative estimate of drug-likeness (QED) is 0.418. The highest BCUT2D eigenvalue weighted by molar-refractivity contribution is 6.30. The van der Waals surface area contributed by atoms with Crippen molar-refractivity contribution in [2.45, 2.75) is 12.6 Å². The molecule has 0 radical (unpaired) electrons. The first kappa shape index (κ1) is 20.1. The van der Waals surface area contributed by atoms with Gasteiger partial charge in [-0.25, -0.2) is 0 Å². The minimum Gasteiger partial charge on any atom is -0.314 e. The molecule has 3 rings (SSSR count). The molecule has 0 N–H and O–H groups in total. The summed E-state index contributed by atoms with van der Waals surface area (Å²) in [5, 5.41) is 21.3. The van der Waals surface area contributed by atoms with Gasteiger partial charge < -0.3 is 4.90 Å². The molecule has 1 unspecified atom stereocenters. The summed E-state index contributed by atoms with van der Waals surface area (Å²) in [7, 11) is 0. The zero-order chi connectivity index (χ0) is 20.8. The fourth-order valence-electron chi connectivity index (χ4n) is 2.92. The standard InChI is InChI=1S/C22H16ClN3O3/c23-19-10-6-17(7-11-19)21(14-24)25(15-16-4-2-1-3-5-16)22(27)18-8-12-20(13-9-18)26(28)29/h1-13,21H,15H2. The van der Waals surface area contributed by atoms with Gasteiger partial charge in [-0.2, -0.15) is 5.26 Å². The number of amides is 1. The monoisotopic (exact) mass is 405 g/mol. The predicted molar refractivity (Wildman–Crippen MR) is 109 cm³/mol. The second kappa shape index (κ2) is 9.00. The zero-order valence-corrected chi connectivity index (χ0v) is 16.0. The predicted octanol–water partition coefficient (Wildman–Crippen LogP) is 5.16. The van der Waals surface area contributed by atoms with Crippen LogP contribution in [0, 0.1) is 21.4 Å². The van der Waals surface area contributed by atoms with Gasteiger partial charge in [0.25, 0.3) is 11.6 Å². The molecule has 0 saturated carbocycles. The lowest BCUT2D eigenvalue weighted by Gasteiger charge is -2.28. The number of nitro groups is 1. The minimum absolute atomic E-state index is 0.106. The topological polar surface area (TPSA) is 87.2 Å². The van der Waals surface area contributed by atoms with Crippen LogP contribution in [0.4, 0.5) is 5.69 Å². The van der Waals surface area contributed by atoms with Gasteiger partial charge in [-0.15, -0.1) is 0 Å². The van der Waals surface area contributed by atoms with Crippen LogP contribution in [0.2, 0.25) is 5.02 Å². The number of halogens is 1. The number of hydrogen-bond donors (Lipinski definition) is 0. The molecule has 0 spiro atoms. The summed E-state index contributed by atoms with van der Waals surface area (Å²) < 4.78 is 0. The van der Waals surface area contributed by atoms with E-state index in [1.165, 1.54) is 29.2 Å². The third kappa shape index (κ3) is 4.78. The largest absolute Gasteiger partial charge is 0.314 e. The molecule has 144 valence electrons. The second-order valence-corrected chi connectivity index (χ2v) is 6.74. The zero-order valence-electron chi connectivity index (χ0n) is 15.2. The molecule has 29 heavy (non-hydrogen) atoms. The van der Waals surface area contributed by atoms with Crippen LogP contribution in [0.25, 0.3) is 0 Å². The van der Waals surface area contributed by atoms with Crippen molar-refractivity contribution >= 4 is 23.2 Å². The third-order valence-electron chi connectivity index (χ3n) is 4.40. The first-order valence-corrected chi connectivity index (χ1v) is 9.12. The molecule has 0 bridgehead atoms. The Hall–Kier alpha value is -3.69. The molecule has 3 aromatic carbocycles. The number of nitro benzene ring substituents is 1. The van der Waals surface area contributed by atoms with E-state index in [1.54, 1.807) is 24.3 Å². The van der Waals surface area contributed by atoms with Gasteiger partial charge in [0.05, 0.1) is 11.0 Å². The van der Waals surface area contributed by atoms with E-state index >= 15 is 0 Å².